The number of hydrogen-bond acceptors (Lipinski definition) is 8. The van der Waals surface area contributed by atoms with Crippen LogP contribution in [0, 0.1) is 6.92 Å². The number of nitrogens with one attached hydrogen (secondary N) is 1. The highest BCUT2D eigenvalue weighted by molar-refractivity contribution is 6.99. The topological polar surface area (TPSA) is 133 Å². The molecule has 1 fully saturated rings. The van der Waals surface area contributed by atoms with E-state index in [1.54, 1.807) is 18.2 Å². The number of carboxylic acid groups (broad SMARTS) is 1. The number of ether oxygens (including phenoxy) is 4. The van der Waals surface area contributed by atoms with Gasteiger partial charge in [0.2, 0.25) is 5.91 Å². The van der Waals surface area contributed by atoms with Crippen LogP contribution in [-0.2, 0) is 20.4 Å². The van der Waals surface area contributed by atoms with Gasteiger partial charge in [0.25, 0.3) is 8.32 Å². The third kappa shape index (κ3) is 8.65. The van der Waals surface area contributed by atoms with Crippen LogP contribution in [0.2, 0.25) is 5.04 Å². The second kappa shape index (κ2) is 16.6. The van der Waals surface area contributed by atoms with Gasteiger partial charge in [-0.1, -0.05) is 87.5 Å². The van der Waals surface area contributed by atoms with Crippen molar-refractivity contribution in [1.82, 2.24) is 4.90 Å². The normalized spacial score (nSPS) is 17.5. The number of fused-ring (bicyclic) bond motifs is 1. The smallest absolute Gasteiger partial charge is 0.407 e. The van der Waals surface area contributed by atoms with Crippen LogP contribution in [0.25, 0.3) is 0 Å². The number of benzene rings is 4. The predicted octanol–water partition coefficient (Wildman–Crippen LogP) is 6.59. The summed E-state index contributed by atoms with van der Waals surface area (Å²) in [5, 5.41) is 15.0. The summed E-state index contributed by atoms with van der Waals surface area (Å²) in [6.45, 7) is 10.7. The van der Waals surface area contributed by atoms with Crippen LogP contribution in [0.1, 0.15) is 62.0 Å². The van der Waals surface area contributed by atoms with Crippen molar-refractivity contribution in [3.8, 4) is 17.2 Å². The summed E-state index contributed by atoms with van der Waals surface area (Å²) >= 11 is 0. The molecular formula is C43H50N2O9Si. The van der Waals surface area contributed by atoms with Crippen LogP contribution in [0.3, 0.4) is 0 Å². The fourth-order valence-corrected chi connectivity index (χ4v) is 12.3. The number of rotatable bonds is 13. The van der Waals surface area contributed by atoms with Gasteiger partial charge in [-0.05, 0) is 65.0 Å². The number of carbonyl (C=O) groups is 3. The van der Waals surface area contributed by atoms with Crippen molar-refractivity contribution in [2.75, 3.05) is 32.2 Å². The van der Waals surface area contributed by atoms with Crippen LogP contribution >= 0.6 is 0 Å². The van der Waals surface area contributed by atoms with Crippen molar-refractivity contribution in [3.05, 3.63) is 108 Å². The molecule has 2 N–H and O–H groups in total. The van der Waals surface area contributed by atoms with Crippen LogP contribution in [0.5, 0.6) is 17.2 Å². The number of nitrogens with zero attached hydrogens (tertiary/aromatic N) is 1. The Morgan fingerprint density at radius 1 is 0.945 bits per heavy atom. The van der Waals surface area contributed by atoms with Crippen molar-refractivity contribution >= 4 is 42.3 Å². The van der Waals surface area contributed by atoms with Gasteiger partial charge in [-0.3, -0.25) is 9.69 Å². The van der Waals surface area contributed by atoms with Crippen LogP contribution in [0.15, 0.2) is 91.0 Å². The predicted molar refractivity (Wildman–Crippen MR) is 213 cm³/mol. The third-order valence-corrected chi connectivity index (χ3v) is 15.2. The highest BCUT2D eigenvalue weighted by atomic mass is 28.4. The molecule has 2 aliphatic rings. The van der Waals surface area contributed by atoms with Gasteiger partial charge in [0.1, 0.15) is 41.6 Å². The number of methoxy groups -OCH3 is 1. The summed E-state index contributed by atoms with van der Waals surface area (Å²) in [5.41, 5.74) is 2.62. The Morgan fingerprint density at radius 2 is 1.60 bits per heavy atom. The first-order valence-electron chi connectivity index (χ1n) is 18.7. The molecule has 0 saturated carbocycles. The lowest BCUT2D eigenvalue weighted by molar-refractivity contribution is -0.116. The Labute approximate surface area is 323 Å². The molecule has 290 valence electrons. The summed E-state index contributed by atoms with van der Waals surface area (Å²) in [5.74, 6) is 0.352. The number of amides is 2. The first-order valence-corrected chi connectivity index (χ1v) is 20.6. The number of carbonyl (C=O) groups excluding carboxylic acids is 2. The Balaban J connectivity index is 1.20. The summed E-state index contributed by atoms with van der Waals surface area (Å²) in [6.07, 6.45) is -0.580. The molecule has 3 atom stereocenters. The molecular weight excluding hydrogens is 717 g/mol. The van der Waals surface area contributed by atoms with Crippen LogP contribution in [0.4, 0.5) is 10.5 Å². The molecule has 2 amide bonds. The van der Waals surface area contributed by atoms with Gasteiger partial charge < -0.3 is 33.8 Å². The standard InChI is InChI=1S/C43H50N2O9Si/c1-28-21-37(51-27-31-23-33(25-45(31)42(48)49)54-32-19-17-30-18-20-39(46)44-36(30)24-32)40(41(47)50-6)38(22-28)53-29(2)26-52-55(43(3,4)5,34-13-9-7-10-14-34)35-15-11-8-12-16-35/h7-17,19,21-22,24,29,31,33H,18,20,23,25-27H2,1-6H3,(H,44,46)(H,48,49)/t29?,31-,33+/m1/s1. The maximum absolute atomic E-state index is 13.4. The number of hydrogen-bond donors (Lipinski definition) is 2. The molecule has 0 radical (unpaired) electrons. The summed E-state index contributed by atoms with van der Waals surface area (Å²) in [7, 11) is -1.56. The van der Waals surface area contributed by atoms with Gasteiger partial charge in [-0.2, -0.15) is 0 Å². The second-order valence-electron chi connectivity index (χ2n) is 15.3. The lowest BCUT2D eigenvalue weighted by Gasteiger charge is -2.43. The van der Waals surface area contributed by atoms with E-state index in [1.807, 2.05) is 62.4 Å². The lowest BCUT2D eigenvalue weighted by atomic mass is 10.0. The maximum atomic E-state index is 13.4. The van der Waals surface area contributed by atoms with Gasteiger partial charge in [0, 0.05) is 24.6 Å². The summed E-state index contributed by atoms with van der Waals surface area (Å²) in [4.78, 5) is 38.9. The average Bonchev–Trinajstić information content (AvgIpc) is 3.56. The van der Waals surface area contributed by atoms with E-state index in [2.05, 4.69) is 50.4 Å². The zero-order valence-corrected chi connectivity index (χ0v) is 33.3. The first kappa shape index (κ1) is 39.4. The van der Waals surface area contributed by atoms with E-state index in [-0.39, 0.29) is 47.8 Å². The monoisotopic (exact) mass is 766 g/mol. The van der Waals surface area contributed by atoms with Gasteiger partial charge >= 0.3 is 12.1 Å². The summed E-state index contributed by atoms with van der Waals surface area (Å²) in [6, 6.07) is 29.2. The van der Waals surface area contributed by atoms with Gasteiger partial charge in [0.15, 0.2) is 0 Å². The van der Waals surface area contributed by atoms with Crippen LogP contribution in [-0.4, -0.2) is 81.4 Å². The van der Waals surface area contributed by atoms with E-state index in [0.29, 0.717) is 30.7 Å². The molecule has 0 aliphatic carbocycles. The molecule has 1 saturated heterocycles. The molecule has 11 nitrogen and oxygen atoms in total. The van der Waals surface area contributed by atoms with Gasteiger partial charge in [-0.15, -0.1) is 0 Å². The minimum atomic E-state index is -2.85. The molecule has 4 aromatic carbocycles. The fourth-order valence-electron chi connectivity index (χ4n) is 7.64. The largest absolute Gasteiger partial charge is 0.490 e. The van der Waals surface area contributed by atoms with Crippen molar-refractivity contribution in [2.24, 2.45) is 0 Å². The Bertz CT molecular complexity index is 1960. The van der Waals surface area contributed by atoms with E-state index >= 15 is 0 Å². The average molecular weight is 767 g/mol. The molecule has 1 unspecified atom stereocenters. The van der Waals surface area contributed by atoms with Crippen molar-refractivity contribution in [2.45, 2.75) is 77.2 Å². The SMILES string of the molecule is COC(=O)c1c(OC[C@H]2C[C@H](Oc3ccc4c(c3)NC(=O)CC4)CN2C(=O)O)cc(C)cc1OC(C)CO[Si](c1ccccc1)(c1ccccc1)C(C)(C)C. The Hall–Kier alpha value is -5.33. The minimum Gasteiger partial charge on any atom is -0.490 e. The molecule has 2 heterocycles. The van der Waals surface area contributed by atoms with E-state index in [4.69, 9.17) is 23.4 Å². The summed E-state index contributed by atoms with van der Waals surface area (Å²) < 4.78 is 31.3. The molecule has 12 heteroatoms. The van der Waals surface area contributed by atoms with E-state index in [0.717, 1.165) is 21.5 Å². The number of esters is 1. The van der Waals surface area contributed by atoms with Gasteiger partial charge in [0.05, 0.1) is 26.3 Å². The highest BCUT2D eigenvalue weighted by Crippen LogP contribution is 2.38. The Kier molecular flexibility index (Phi) is 11.9. The molecule has 0 spiro atoms. The highest BCUT2D eigenvalue weighted by Gasteiger charge is 2.50. The Morgan fingerprint density at radius 3 is 2.22 bits per heavy atom. The number of anilines is 1. The van der Waals surface area contributed by atoms with E-state index in [9.17, 15) is 19.5 Å². The molecule has 2 aliphatic heterocycles. The molecule has 55 heavy (non-hydrogen) atoms. The zero-order valence-electron chi connectivity index (χ0n) is 32.3. The van der Waals surface area contributed by atoms with Crippen LogP contribution < -0.4 is 29.9 Å². The lowest BCUT2D eigenvalue weighted by Crippen LogP contribution is -2.67. The molecule has 4 aromatic rings. The number of aryl methyl sites for hydroxylation is 2. The molecule has 6 rings (SSSR count). The van der Waals surface area contributed by atoms with Gasteiger partial charge in [-0.25, -0.2) is 9.59 Å². The van der Waals surface area contributed by atoms with Crippen molar-refractivity contribution in [3.63, 3.8) is 0 Å². The second-order valence-corrected chi connectivity index (χ2v) is 19.6. The maximum Gasteiger partial charge on any atom is 0.407 e. The van der Waals surface area contributed by atoms with Crippen molar-refractivity contribution in [1.29, 1.82) is 0 Å². The quantitative estimate of drug-likeness (QED) is 0.114. The molecule has 0 bridgehead atoms. The zero-order chi connectivity index (χ0) is 39.3. The fraction of sp³-hybridized carbons (Fsp3) is 0.372. The minimum absolute atomic E-state index is 0.0359. The van der Waals surface area contributed by atoms with E-state index < -0.39 is 38.6 Å². The first-order chi connectivity index (χ1) is 26.3. The third-order valence-electron chi connectivity index (χ3n) is 10.2. The molecule has 0 aromatic heterocycles. The van der Waals surface area contributed by atoms with E-state index in [1.165, 1.54) is 12.0 Å². The van der Waals surface area contributed by atoms with Crippen molar-refractivity contribution < 1.29 is 42.9 Å². The number of likely N-dealkylation sites (tertiary alicyclic amines) is 1.